The van der Waals surface area contributed by atoms with E-state index >= 15 is 0 Å². The minimum atomic E-state index is 0.605. The van der Waals surface area contributed by atoms with Crippen molar-refractivity contribution < 1.29 is 9.47 Å². The molecule has 0 saturated heterocycles. The minimum Gasteiger partial charge on any atom is -0.491 e. The van der Waals surface area contributed by atoms with E-state index in [1.807, 2.05) is 24.3 Å². The van der Waals surface area contributed by atoms with Crippen LogP contribution in [0.3, 0.4) is 0 Å². The normalized spacial score (nSPS) is 22.4. The summed E-state index contributed by atoms with van der Waals surface area (Å²) in [6.07, 6.45) is 6.87. The van der Waals surface area contributed by atoms with Gasteiger partial charge in [0.15, 0.2) is 0 Å². The van der Waals surface area contributed by atoms with Gasteiger partial charge in [-0.1, -0.05) is 41.1 Å². The molecule has 2 nitrogen and oxygen atoms in total. The second-order valence-corrected chi connectivity index (χ2v) is 5.98. The van der Waals surface area contributed by atoms with Crippen LogP contribution in [0.15, 0.2) is 40.9 Å². The topological polar surface area (TPSA) is 18.5 Å². The summed E-state index contributed by atoms with van der Waals surface area (Å²) in [7, 11) is 0. The lowest BCUT2D eigenvalue weighted by atomic mass is 9.85. The van der Waals surface area contributed by atoms with E-state index in [-0.39, 0.29) is 0 Å². The summed E-state index contributed by atoms with van der Waals surface area (Å²) < 4.78 is 12.4. The molecule has 1 aliphatic rings. The van der Waals surface area contributed by atoms with Crippen molar-refractivity contribution in [3.8, 4) is 5.75 Å². The summed E-state index contributed by atoms with van der Waals surface area (Å²) >= 11 is 3.43. The highest BCUT2D eigenvalue weighted by Gasteiger charge is 2.17. The van der Waals surface area contributed by atoms with Gasteiger partial charge in [0.05, 0.1) is 13.2 Å². The first kappa shape index (κ1) is 14.6. The number of hydrogen-bond donors (Lipinski definition) is 0. The van der Waals surface area contributed by atoms with Gasteiger partial charge in [-0.2, -0.15) is 0 Å². The molecule has 0 aliphatic heterocycles. The van der Waals surface area contributed by atoms with E-state index in [1.165, 1.54) is 6.42 Å². The minimum absolute atomic E-state index is 0.605. The average Bonchev–Trinajstić information content (AvgIpc) is 2.40. The smallest absolute Gasteiger partial charge is 0.120 e. The second-order valence-electron chi connectivity index (χ2n) is 5.06. The highest BCUT2D eigenvalue weighted by molar-refractivity contribution is 9.10. The first-order chi connectivity index (χ1) is 9.25. The van der Waals surface area contributed by atoms with Gasteiger partial charge in [-0.25, -0.2) is 0 Å². The first-order valence-electron chi connectivity index (χ1n) is 6.87. The van der Waals surface area contributed by atoms with Crippen molar-refractivity contribution in [2.45, 2.75) is 19.8 Å². The number of halogens is 1. The number of rotatable bonds is 6. The van der Waals surface area contributed by atoms with Crippen molar-refractivity contribution in [2.75, 3.05) is 19.8 Å². The summed E-state index contributed by atoms with van der Waals surface area (Å²) in [5, 5.41) is 0. The third-order valence-electron chi connectivity index (χ3n) is 3.54. The van der Waals surface area contributed by atoms with Crippen LogP contribution in [-0.2, 0) is 4.74 Å². The Bertz CT molecular complexity index is 417. The lowest BCUT2D eigenvalue weighted by molar-refractivity contribution is 0.0586. The molecule has 104 valence electrons. The zero-order valence-corrected chi connectivity index (χ0v) is 12.9. The van der Waals surface area contributed by atoms with E-state index < -0.39 is 0 Å². The van der Waals surface area contributed by atoms with Crippen molar-refractivity contribution in [3.05, 3.63) is 40.9 Å². The van der Waals surface area contributed by atoms with Crippen LogP contribution in [0.5, 0.6) is 5.75 Å². The maximum atomic E-state index is 5.72. The van der Waals surface area contributed by atoms with Crippen LogP contribution in [0.1, 0.15) is 19.8 Å². The molecule has 2 atom stereocenters. The Balaban J connectivity index is 1.61. The van der Waals surface area contributed by atoms with Crippen LogP contribution >= 0.6 is 15.9 Å². The molecule has 0 N–H and O–H groups in total. The Labute approximate surface area is 123 Å². The maximum Gasteiger partial charge on any atom is 0.120 e. The van der Waals surface area contributed by atoms with E-state index in [2.05, 4.69) is 35.0 Å². The Morgan fingerprint density at radius 1 is 1.21 bits per heavy atom. The van der Waals surface area contributed by atoms with Gasteiger partial charge in [-0.15, -0.1) is 0 Å². The number of ether oxygens (including phenoxy) is 2. The van der Waals surface area contributed by atoms with Crippen molar-refractivity contribution in [1.82, 2.24) is 0 Å². The molecule has 0 bridgehead atoms. The molecule has 0 amide bonds. The molecule has 1 aromatic rings. The fraction of sp³-hybridized carbons (Fsp3) is 0.500. The molecule has 2 unspecified atom stereocenters. The monoisotopic (exact) mass is 324 g/mol. The molecule has 0 saturated carbocycles. The van der Waals surface area contributed by atoms with Gasteiger partial charge in [0.25, 0.3) is 0 Å². The van der Waals surface area contributed by atoms with E-state index in [1.54, 1.807) is 0 Å². The molecule has 0 radical (unpaired) electrons. The molecule has 1 aliphatic carbocycles. The number of hydrogen-bond acceptors (Lipinski definition) is 2. The third-order valence-corrected chi connectivity index (χ3v) is 4.04. The van der Waals surface area contributed by atoms with Crippen LogP contribution in [0.25, 0.3) is 0 Å². The standard InChI is InChI=1S/C16H21BrO2/c1-13-5-2-3-6-14(13)12-18-9-10-19-16-8-4-7-15(17)11-16/h2-4,7-8,11,13-14H,5-6,9-10,12H2,1H3. The summed E-state index contributed by atoms with van der Waals surface area (Å²) in [6, 6.07) is 7.88. The van der Waals surface area contributed by atoms with E-state index in [4.69, 9.17) is 9.47 Å². The van der Waals surface area contributed by atoms with E-state index in [9.17, 15) is 0 Å². The average molecular weight is 325 g/mol. The van der Waals surface area contributed by atoms with E-state index in [0.29, 0.717) is 19.1 Å². The number of allylic oxidation sites excluding steroid dienone is 2. The van der Waals surface area contributed by atoms with Crippen molar-refractivity contribution in [3.63, 3.8) is 0 Å². The molecule has 0 spiro atoms. The third kappa shape index (κ3) is 5.00. The maximum absolute atomic E-state index is 5.72. The van der Waals surface area contributed by atoms with Gasteiger partial charge >= 0.3 is 0 Å². The highest BCUT2D eigenvalue weighted by atomic mass is 79.9. The zero-order valence-electron chi connectivity index (χ0n) is 11.3. The summed E-state index contributed by atoms with van der Waals surface area (Å²) in [5.41, 5.74) is 0. The largest absolute Gasteiger partial charge is 0.491 e. The molecule has 1 aromatic carbocycles. The molecule has 2 rings (SSSR count). The zero-order chi connectivity index (χ0) is 13.5. The Hall–Kier alpha value is -0.800. The molecule has 0 fully saturated rings. The SMILES string of the molecule is CC1CC=CCC1COCCOc1cccc(Br)c1. The van der Waals surface area contributed by atoms with Crippen LogP contribution in [0.4, 0.5) is 0 Å². The van der Waals surface area contributed by atoms with Crippen molar-refractivity contribution in [2.24, 2.45) is 11.8 Å². The van der Waals surface area contributed by atoms with Gasteiger partial charge in [-0.3, -0.25) is 0 Å². The Morgan fingerprint density at radius 2 is 2.05 bits per heavy atom. The predicted octanol–water partition coefficient (Wildman–Crippen LogP) is 4.45. The van der Waals surface area contributed by atoms with Crippen LogP contribution in [0.2, 0.25) is 0 Å². The lowest BCUT2D eigenvalue weighted by Gasteiger charge is -2.24. The fourth-order valence-corrected chi connectivity index (χ4v) is 2.63. The lowest BCUT2D eigenvalue weighted by Crippen LogP contribution is -2.21. The van der Waals surface area contributed by atoms with Crippen molar-refractivity contribution >= 4 is 15.9 Å². The van der Waals surface area contributed by atoms with Crippen LogP contribution < -0.4 is 4.74 Å². The van der Waals surface area contributed by atoms with Gasteiger partial charge in [0, 0.05) is 4.47 Å². The van der Waals surface area contributed by atoms with Crippen molar-refractivity contribution in [1.29, 1.82) is 0 Å². The van der Waals surface area contributed by atoms with E-state index in [0.717, 1.165) is 29.2 Å². The first-order valence-corrected chi connectivity index (χ1v) is 7.66. The fourth-order valence-electron chi connectivity index (χ4n) is 2.25. The molecule has 19 heavy (non-hydrogen) atoms. The Morgan fingerprint density at radius 3 is 2.84 bits per heavy atom. The number of benzene rings is 1. The Kier molecular flexibility index (Phi) is 5.93. The molecule has 0 heterocycles. The predicted molar refractivity (Wildman–Crippen MR) is 81.5 cm³/mol. The van der Waals surface area contributed by atoms with Gasteiger partial charge in [0.1, 0.15) is 12.4 Å². The van der Waals surface area contributed by atoms with Gasteiger partial charge < -0.3 is 9.47 Å². The van der Waals surface area contributed by atoms with Gasteiger partial charge in [-0.05, 0) is 42.9 Å². The highest BCUT2D eigenvalue weighted by Crippen LogP contribution is 2.25. The molecular formula is C16H21BrO2. The summed E-state index contributed by atoms with van der Waals surface area (Å²) in [6.45, 7) is 4.40. The molecule has 0 aromatic heterocycles. The van der Waals surface area contributed by atoms with Crippen LogP contribution in [0, 0.1) is 11.8 Å². The summed E-state index contributed by atoms with van der Waals surface area (Å²) in [5.74, 6) is 2.28. The van der Waals surface area contributed by atoms with Crippen LogP contribution in [-0.4, -0.2) is 19.8 Å². The second kappa shape index (κ2) is 7.71. The summed E-state index contributed by atoms with van der Waals surface area (Å²) in [4.78, 5) is 0. The quantitative estimate of drug-likeness (QED) is 0.568. The van der Waals surface area contributed by atoms with Gasteiger partial charge in [0.2, 0.25) is 0 Å². The molecule has 3 heteroatoms. The molecular weight excluding hydrogens is 304 g/mol.